The van der Waals surface area contributed by atoms with Crippen LogP contribution in [0.1, 0.15) is 11.3 Å². The Morgan fingerprint density at radius 2 is 2.04 bits per heavy atom. The number of halogens is 1. The van der Waals surface area contributed by atoms with Crippen molar-refractivity contribution in [2.24, 2.45) is 0 Å². The molecule has 1 aromatic heterocycles. The molecule has 2 aromatic rings. The predicted octanol–water partition coefficient (Wildman–Crippen LogP) is 2.00. The van der Waals surface area contributed by atoms with Crippen LogP contribution in [0.5, 0.6) is 0 Å². The van der Waals surface area contributed by atoms with Crippen LogP contribution >= 0.6 is 11.8 Å². The molecule has 0 unspecified atom stereocenters. The van der Waals surface area contributed by atoms with Crippen molar-refractivity contribution in [1.29, 1.82) is 0 Å². The van der Waals surface area contributed by atoms with Gasteiger partial charge in [-0.05, 0) is 24.3 Å². The van der Waals surface area contributed by atoms with Gasteiger partial charge in [0.2, 0.25) is 0 Å². The third kappa shape index (κ3) is 3.18. The fourth-order valence-corrected chi connectivity index (χ4v) is 3.35. The highest BCUT2D eigenvalue weighted by Gasteiger charge is 2.26. The van der Waals surface area contributed by atoms with Gasteiger partial charge in [0, 0.05) is 23.6 Å². The van der Waals surface area contributed by atoms with Crippen LogP contribution in [0.2, 0.25) is 0 Å². The zero-order chi connectivity index (χ0) is 17.1. The Morgan fingerprint density at radius 3 is 2.75 bits per heavy atom. The van der Waals surface area contributed by atoms with E-state index in [-0.39, 0.29) is 12.4 Å². The van der Waals surface area contributed by atoms with E-state index in [2.05, 4.69) is 22.3 Å². The van der Waals surface area contributed by atoms with E-state index in [4.69, 9.17) is 0 Å². The predicted molar refractivity (Wildman–Crippen MR) is 90.4 cm³/mol. The van der Waals surface area contributed by atoms with Crippen LogP contribution in [0.15, 0.2) is 36.9 Å². The Hall–Kier alpha value is -2.61. The summed E-state index contributed by atoms with van der Waals surface area (Å²) in [6, 6.07) is 5.77. The lowest BCUT2D eigenvalue weighted by Crippen LogP contribution is -2.36. The molecule has 1 aliphatic rings. The van der Waals surface area contributed by atoms with Crippen molar-refractivity contribution in [3.63, 3.8) is 0 Å². The number of carbonyl (C=O) groups excluding carboxylic acids is 2. The van der Waals surface area contributed by atoms with Crippen LogP contribution in [-0.2, 0) is 21.1 Å². The van der Waals surface area contributed by atoms with E-state index in [1.165, 1.54) is 22.9 Å². The first kappa shape index (κ1) is 16.3. The van der Waals surface area contributed by atoms with Gasteiger partial charge in [-0.25, -0.2) is 9.07 Å². The van der Waals surface area contributed by atoms with Gasteiger partial charge in [0.1, 0.15) is 11.6 Å². The Labute approximate surface area is 142 Å². The topological polar surface area (TPSA) is 76.0 Å². The summed E-state index contributed by atoms with van der Waals surface area (Å²) in [5, 5.41) is 9.52. The normalized spacial score (nSPS) is 12.5. The summed E-state index contributed by atoms with van der Waals surface area (Å²) in [5.74, 6) is -0.0140. The quantitative estimate of drug-likeness (QED) is 0.656. The lowest BCUT2D eigenvalue weighted by Gasteiger charge is -2.10. The highest BCUT2D eigenvalue weighted by molar-refractivity contribution is 7.98. The van der Waals surface area contributed by atoms with Crippen molar-refractivity contribution in [2.45, 2.75) is 11.5 Å². The van der Waals surface area contributed by atoms with Crippen LogP contribution in [0.4, 0.5) is 10.2 Å². The lowest BCUT2D eigenvalue weighted by molar-refractivity contribution is -0.136. The summed E-state index contributed by atoms with van der Waals surface area (Å²) in [7, 11) is 0. The van der Waals surface area contributed by atoms with Gasteiger partial charge in [-0.3, -0.25) is 9.59 Å². The molecule has 0 saturated carbocycles. The fourth-order valence-electron chi connectivity index (χ4n) is 2.32. The van der Waals surface area contributed by atoms with Crippen LogP contribution < -0.4 is 10.6 Å². The van der Waals surface area contributed by atoms with E-state index in [0.29, 0.717) is 17.3 Å². The summed E-state index contributed by atoms with van der Waals surface area (Å²) in [6.45, 7) is 3.69. The first-order chi connectivity index (χ1) is 11.6. The SMILES string of the molecule is C=CCNC(=O)C(=O)Nc1c2c(nn1-c1ccc(F)cc1)CSC2. The number of amides is 2. The molecule has 0 fully saturated rings. The maximum atomic E-state index is 13.1. The molecular weight excluding hydrogens is 331 g/mol. The second-order valence-electron chi connectivity index (χ2n) is 5.11. The number of fused-ring (bicyclic) bond motifs is 1. The number of hydrogen-bond acceptors (Lipinski definition) is 4. The van der Waals surface area contributed by atoms with Gasteiger partial charge in [0.25, 0.3) is 0 Å². The van der Waals surface area contributed by atoms with E-state index in [9.17, 15) is 14.0 Å². The molecule has 0 bridgehead atoms. The molecule has 124 valence electrons. The van der Waals surface area contributed by atoms with Crippen molar-refractivity contribution in [1.82, 2.24) is 15.1 Å². The number of rotatable bonds is 4. The average molecular weight is 346 g/mol. The number of hydrogen-bond donors (Lipinski definition) is 2. The monoisotopic (exact) mass is 346 g/mol. The molecule has 0 atom stereocenters. The van der Waals surface area contributed by atoms with Crippen LogP contribution in [0.3, 0.4) is 0 Å². The standard InChI is InChI=1S/C16H15FN4O2S/c1-2-7-18-15(22)16(23)19-14-12-8-24-9-13(12)20-21(14)11-5-3-10(17)4-6-11/h2-6H,1,7-9H2,(H,18,22)(H,19,23). The van der Waals surface area contributed by atoms with Gasteiger partial charge >= 0.3 is 11.8 Å². The summed E-state index contributed by atoms with van der Waals surface area (Å²) >= 11 is 1.68. The number of aromatic nitrogens is 2. The number of benzene rings is 1. The smallest absolute Gasteiger partial charge is 0.314 e. The van der Waals surface area contributed by atoms with Crippen LogP contribution in [-0.4, -0.2) is 28.1 Å². The molecule has 24 heavy (non-hydrogen) atoms. The Morgan fingerprint density at radius 1 is 1.29 bits per heavy atom. The van der Waals surface area contributed by atoms with E-state index >= 15 is 0 Å². The molecule has 2 heterocycles. The van der Waals surface area contributed by atoms with Crippen molar-refractivity contribution in [3.05, 3.63) is 54.0 Å². The molecule has 0 aliphatic carbocycles. The molecule has 0 saturated heterocycles. The van der Waals surface area contributed by atoms with Crippen molar-refractivity contribution < 1.29 is 14.0 Å². The first-order valence-electron chi connectivity index (χ1n) is 7.24. The fraction of sp³-hybridized carbons (Fsp3) is 0.188. The molecular formula is C16H15FN4O2S. The van der Waals surface area contributed by atoms with E-state index in [1.54, 1.807) is 23.9 Å². The minimum atomic E-state index is -0.778. The van der Waals surface area contributed by atoms with Gasteiger partial charge in [0.05, 0.1) is 11.4 Å². The van der Waals surface area contributed by atoms with Gasteiger partial charge < -0.3 is 10.6 Å². The third-order valence-electron chi connectivity index (χ3n) is 3.47. The number of anilines is 1. The number of nitrogens with one attached hydrogen (secondary N) is 2. The maximum absolute atomic E-state index is 13.1. The Balaban J connectivity index is 1.91. The lowest BCUT2D eigenvalue weighted by atomic mass is 10.2. The van der Waals surface area contributed by atoms with Gasteiger partial charge in [0.15, 0.2) is 0 Å². The van der Waals surface area contributed by atoms with Gasteiger partial charge in [-0.2, -0.15) is 16.9 Å². The van der Waals surface area contributed by atoms with Gasteiger partial charge in [-0.1, -0.05) is 6.08 Å². The highest BCUT2D eigenvalue weighted by atomic mass is 32.2. The minimum absolute atomic E-state index is 0.206. The van der Waals surface area contributed by atoms with E-state index in [1.807, 2.05) is 0 Å². The first-order valence-corrected chi connectivity index (χ1v) is 8.40. The molecule has 2 N–H and O–H groups in total. The molecule has 0 radical (unpaired) electrons. The van der Waals surface area contributed by atoms with Crippen LogP contribution in [0.25, 0.3) is 5.69 Å². The van der Waals surface area contributed by atoms with Crippen molar-refractivity contribution in [2.75, 3.05) is 11.9 Å². The molecule has 0 spiro atoms. The zero-order valence-corrected chi connectivity index (χ0v) is 13.5. The Bertz CT molecular complexity index is 801. The molecule has 8 heteroatoms. The molecule has 3 rings (SSSR count). The second kappa shape index (κ2) is 6.88. The highest BCUT2D eigenvalue weighted by Crippen LogP contribution is 2.36. The summed E-state index contributed by atoms with van der Waals surface area (Å²) < 4.78 is 14.7. The molecule has 2 amide bonds. The minimum Gasteiger partial charge on any atom is -0.344 e. The largest absolute Gasteiger partial charge is 0.344 e. The summed E-state index contributed by atoms with van der Waals surface area (Å²) in [6.07, 6.45) is 1.49. The maximum Gasteiger partial charge on any atom is 0.314 e. The average Bonchev–Trinajstić information content (AvgIpc) is 3.16. The molecule has 1 aliphatic heterocycles. The van der Waals surface area contributed by atoms with E-state index < -0.39 is 11.8 Å². The third-order valence-corrected chi connectivity index (χ3v) is 4.44. The zero-order valence-electron chi connectivity index (χ0n) is 12.7. The van der Waals surface area contributed by atoms with Crippen LogP contribution in [0, 0.1) is 5.82 Å². The Kier molecular flexibility index (Phi) is 4.66. The van der Waals surface area contributed by atoms with Crippen molar-refractivity contribution >= 4 is 29.4 Å². The molecule has 6 nitrogen and oxygen atoms in total. The number of carbonyl (C=O) groups is 2. The second-order valence-corrected chi connectivity index (χ2v) is 6.09. The number of nitrogens with zero attached hydrogens (tertiary/aromatic N) is 2. The number of thioether (sulfide) groups is 1. The van der Waals surface area contributed by atoms with Gasteiger partial charge in [-0.15, -0.1) is 6.58 Å². The summed E-state index contributed by atoms with van der Waals surface area (Å²) in [5.41, 5.74) is 2.35. The molecule has 1 aromatic carbocycles. The summed E-state index contributed by atoms with van der Waals surface area (Å²) in [4.78, 5) is 23.9. The van der Waals surface area contributed by atoms with E-state index in [0.717, 1.165) is 17.0 Å². The van der Waals surface area contributed by atoms with Crippen molar-refractivity contribution in [3.8, 4) is 5.69 Å².